The maximum Gasteiger partial charge on any atom is 0.260 e. The van der Waals surface area contributed by atoms with Gasteiger partial charge in [-0.2, -0.15) is 0 Å². The zero-order valence-corrected chi connectivity index (χ0v) is 21.6. The monoisotopic (exact) mass is 513 g/mol. The van der Waals surface area contributed by atoms with Crippen LogP contribution in [0.4, 0.5) is 5.82 Å². The van der Waals surface area contributed by atoms with E-state index in [1.807, 2.05) is 46.9 Å². The maximum absolute atomic E-state index is 14.0. The van der Waals surface area contributed by atoms with Gasteiger partial charge in [-0.25, -0.2) is 0 Å². The first kappa shape index (κ1) is 23.5. The molecule has 1 fully saturated rings. The fourth-order valence-electron chi connectivity index (χ4n) is 4.80. The van der Waals surface area contributed by atoms with Crippen molar-refractivity contribution in [2.24, 2.45) is 0 Å². The Labute approximate surface area is 217 Å². The summed E-state index contributed by atoms with van der Waals surface area (Å²) in [5, 5.41) is 9.45. The molecule has 0 N–H and O–H groups in total. The predicted molar refractivity (Wildman–Crippen MR) is 147 cm³/mol. The molecule has 0 bridgehead atoms. The number of hydrogen-bond acceptors (Lipinski definition) is 8. The number of hydrogen-bond donors (Lipinski definition) is 0. The van der Waals surface area contributed by atoms with E-state index >= 15 is 0 Å². The molecule has 9 nitrogen and oxygen atoms in total. The normalized spacial score (nSPS) is 14.6. The zero-order chi connectivity index (χ0) is 25.5. The number of pyridine rings is 2. The number of amides is 1. The zero-order valence-electron chi connectivity index (χ0n) is 20.8. The summed E-state index contributed by atoms with van der Waals surface area (Å²) in [6, 6.07) is 15.4. The smallest absolute Gasteiger partial charge is 0.260 e. The Kier molecular flexibility index (Phi) is 6.05. The summed E-state index contributed by atoms with van der Waals surface area (Å²) >= 11 is 1.43. The van der Waals surface area contributed by atoms with Crippen LogP contribution in [0.5, 0.6) is 0 Å². The molecule has 37 heavy (non-hydrogen) atoms. The number of nitrogens with zero attached hydrogens (tertiary/aromatic N) is 7. The number of benzene rings is 1. The average Bonchev–Trinajstić information content (AvgIpc) is 3.31. The minimum absolute atomic E-state index is 0.176. The van der Waals surface area contributed by atoms with E-state index in [-0.39, 0.29) is 16.9 Å². The van der Waals surface area contributed by atoms with Gasteiger partial charge < -0.3 is 14.7 Å². The van der Waals surface area contributed by atoms with Crippen LogP contribution in [-0.4, -0.2) is 82.1 Å². The second-order valence-electron chi connectivity index (χ2n) is 9.44. The molecule has 1 amide bonds. The van der Waals surface area contributed by atoms with Crippen molar-refractivity contribution in [2.75, 3.05) is 51.7 Å². The lowest BCUT2D eigenvalue weighted by Gasteiger charge is -2.32. The van der Waals surface area contributed by atoms with E-state index in [4.69, 9.17) is 0 Å². The first-order valence-corrected chi connectivity index (χ1v) is 13.2. The summed E-state index contributed by atoms with van der Waals surface area (Å²) in [5.74, 6) is 0.365. The van der Waals surface area contributed by atoms with Crippen molar-refractivity contribution in [2.45, 2.75) is 6.42 Å². The maximum atomic E-state index is 14.0. The number of thiazole rings is 1. The number of para-hydroxylation sites is 1. The molecule has 0 aliphatic carbocycles. The lowest BCUT2D eigenvalue weighted by molar-refractivity contribution is 0.0797. The average molecular weight is 514 g/mol. The minimum Gasteiger partial charge on any atom is -0.353 e. The summed E-state index contributed by atoms with van der Waals surface area (Å²) in [6.07, 6.45) is 2.35. The van der Waals surface area contributed by atoms with Gasteiger partial charge >= 0.3 is 0 Å². The van der Waals surface area contributed by atoms with Gasteiger partial charge in [-0.15, -0.1) is 21.5 Å². The Morgan fingerprint density at radius 3 is 2.62 bits per heavy atom. The van der Waals surface area contributed by atoms with Gasteiger partial charge in [0.25, 0.3) is 5.91 Å². The van der Waals surface area contributed by atoms with Gasteiger partial charge in [0.15, 0.2) is 11.5 Å². The molecule has 5 heterocycles. The molecule has 0 spiro atoms. The molecule has 4 aromatic heterocycles. The van der Waals surface area contributed by atoms with Crippen LogP contribution in [0.1, 0.15) is 16.1 Å². The number of carbonyl (C=O) groups excluding carboxylic acids is 1. The molecule has 0 saturated carbocycles. The number of rotatable bonds is 5. The highest BCUT2D eigenvalue weighted by molar-refractivity contribution is 7.24. The molecule has 0 unspecified atom stereocenters. The standard InChI is InChI=1S/C27H27N7O2S/c1-31-13-15-33(16-14-31)22-17-19-24(35)23(26(36)32(2)12-10-18-7-5-6-11-28-18)27-34(25(19)30-29-22)20-8-3-4-9-21(20)37-27/h3-9,11,17H,10,12-16H2,1-2H3. The van der Waals surface area contributed by atoms with E-state index in [1.54, 1.807) is 24.2 Å². The highest BCUT2D eigenvalue weighted by Gasteiger charge is 2.26. The van der Waals surface area contributed by atoms with E-state index in [9.17, 15) is 9.59 Å². The number of aromatic nitrogens is 4. The largest absolute Gasteiger partial charge is 0.353 e. The van der Waals surface area contributed by atoms with Crippen LogP contribution in [0.3, 0.4) is 0 Å². The minimum atomic E-state index is -0.304. The number of likely N-dealkylation sites (N-methyl/N-ethyl adjacent to an activating group) is 2. The summed E-state index contributed by atoms with van der Waals surface area (Å²) in [4.78, 5) is 38.7. The lowest BCUT2D eigenvalue weighted by Crippen LogP contribution is -2.45. The van der Waals surface area contributed by atoms with Crippen molar-refractivity contribution in [1.82, 2.24) is 29.4 Å². The molecule has 10 heteroatoms. The van der Waals surface area contributed by atoms with E-state index < -0.39 is 0 Å². The summed E-state index contributed by atoms with van der Waals surface area (Å²) in [5.41, 5.74) is 2.15. The molecule has 6 rings (SSSR count). The molecule has 1 aliphatic heterocycles. The molecule has 188 valence electrons. The molecule has 0 radical (unpaired) electrons. The van der Waals surface area contributed by atoms with Crippen molar-refractivity contribution in [3.63, 3.8) is 0 Å². The third-order valence-electron chi connectivity index (χ3n) is 6.99. The number of fused-ring (bicyclic) bond motifs is 5. The fourth-order valence-corrected chi connectivity index (χ4v) is 5.98. The van der Waals surface area contributed by atoms with Gasteiger partial charge in [-0.05, 0) is 37.4 Å². The summed E-state index contributed by atoms with van der Waals surface area (Å²) in [7, 11) is 3.83. The van der Waals surface area contributed by atoms with Gasteiger partial charge in [-0.1, -0.05) is 18.2 Å². The van der Waals surface area contributed by atoms with Gasteiger partial charge in [0.2, 0.25) is 5.43 Å². The topological polar surface area (TPSA) is 86.9 Å². The summed E-state index contributed by atoms with van der Waals surface area (Å²) in [6.45, 7) is 3.90. The number of piperazine rings is 1. The Bertz CT molecular complexity index is 1670. The Balaban J connectivity index is 1.48. The van der Waals surface area contributed by atoms with Gasteiger partial charge in [0, 0.05) is 58.1 Å². The quantitative estimate of drug-likeness (QED) is 0.357. The third-order valence-corrected chi connectivity index (χ3v) is 8.14. The van der Waals surface area contributed by atoms with Gasteiger partial charge in [0.05, 0.1) is 15.6 Å². The molecule has 1 aromatic carbocycles. The van der Waals surface area contributed by atoms with Crippen LogP contribution >= 0.6 is 11.3 Å². The SMILES string of the molecule is CN1CCN(c2cc3c(=O)c(C(=O)N(C)CCc4ccccn4)c4sc5ccccc5n4c3nn2)CC1. The highest BCUT2D eigenvalue weighted by atomic mass is 32.1. The first-order valence-electron chi connectivity index (χ1n) is 12.3. The Hall–Kier alpha value is -3.89. The van der Waals surface area contributed by atoms with Crippen molar-refractivity contribution in [3.8, 4) is 0 Å². The van der Waals surface area contributed by atoms with E-state index in [1.165, 1.54) is 11.3 Å². The van der Waals surface area contributed by atoms with E-state index in [2.05, 4.69) is 32.0 Å². The van der Waals surface area contributed by atoms with Crippen molar-refractivity contribution < 1.29 is 4.79 Å². The molecule has 0 atom stereocenters. The van der Waals surface area contributed by atoms with Gasteiger partial charge in [-0.3, -0.25) is 19.0 Å². The van der Waals surface area contributed by atoms with Crippen LogP contribution in [0, 0.1) is 0 Å². The fraction of sp³-hybridized carbons (Fsp3) is 0.296. The lowest BCUT2D eigenvalue weighted by atomic mass is 10.1. The molecule has 1 aliphatic rings. The van der Waals surface area contributed by atoms with Crippen LogP contribution in [0.2, 0.25) is 0 Å². The van der Waals surface area contributed by atoms with Crippen LogP contribution in [0.25, 0.3) is 26.1 Å². The molecular weight excluding hydrogens is 486 g/mol. The second kappa shape index (κ2) is 9.53. The molecular formula is C27H27N7O2S. The van der Waals surface area contributed by atoms with Gasteiger partial charge in [0.1, 0.15) is 10.4 Å². The van der Waals surface area contributed by atoms with Crippen LogP contribution in [0.15, 0.2) is 59.5 Å². The first-order chi connectivity index (χ1) is 18.0. The highest BCUT2D eigenvalue weighted by Crippen LogP contribution is 2.31. The third kappa shape index (κ3) is 4.21. The van der Waals surface area contributed by atoms with Crippen LogP contribution in [-0.2, 0) is 6.42 Å². The Morgan fingerprint density at radius 2 is 1.84 bits per heavy atom. The molecule has 5 aromatic rings. The number of anilines is 1. The van der Waals surface area contributed by atoms with Crippen molar-refractivity contribution in [1.29, 1.82) is 0 Å². The van der Waals surface area contributed by atoms with Crippen molar-refractivity contribution >= 4 is 49.1 Å². The second-order valence-corrected chi connectivity index (χ2v) is 10.5. The molecule has 1 saturated heterocycles. The summed E-state index contributed by atoms with van der Waals surface area (Å²) < 4.78 is 2.89. The number of carbonyl (C=O) groups is 1. The van der Waals surface area contributed by atoms with Crippen LogP contribution < -0.4 is 10.3 Å². The predicted octanol–water partition coefficient (Wildman–Crippen LogP) is 2.92. The Morgan fingerprint density at radius 1 is 1.05 bits per heavy atom. The van der Waals surface area contributed by atoms with E-state index in [0.717, 1.165) is 42.1 Å². The van der Waals surface area contributed by atoms with Crippen molar-refractivity contribution in [3.05, 3.63) is 76.2 Å². The van der Waals surface area contributed by atoms with E-state index in [0.29, 0.717) is 34.6 Å².